The summed E-state index contributed by atoms with van der Waals surface area (Å²) >= 11 is 0. The molecule has 0 saturated carbocycles. The van der Waals surface area contributed by atoms with E-state index in [0.29, 0.717) is 0 Å². The van der Waals surface area contributed by atoms with Gasteiger partial charge in [0.25, 0.3) is 0 Å². The topological polar surface area (TPSA) is 15.8 Å². The van der Waals surface area contributed by atoms with E-state index in [9.17, 15) is 0 Å². The third kappa shape index (κ3) is 1.87. The van der Waals surface area contributed by atoms with Crippen molar-refractivity contribution in [1.29, 1.82) is 0 Å². The second kappa shape index (κ2) is 4.32. The molecule has 1 aliphatic carbocycles. The maximum atomic E-state index is 3.27. The van der Waals surface area contributed by atoms with E-state index in [1.807, 2.05) is 6.20 Å². The number of hydrogen-bond acceptors (Lipinski definition) is 0. The lowest BCUT2D eigenvalue weighted by Gasteiger charge is -2.31. The number of aromatic amines is 1. The van der Waals surface area contributed by atoms with Crippen LogP contribution in [0.3, 0.4) is 0 Å². The van der Waals surface area contributed by atoms with Gasteiger partial charge < -0.3 is 4.98 Å². The molecule has 1 unspecified atom stereocenters. The van der Waals surface area contributed by atoms with Crippen LogP contribution in [0.1, 0.15) is 33.6 Å². The minimum absolute atomic E-state index is 0.188. The van der Waals surface area contributed by atoms with Gasteiger partial charge in [0.15, 0.2) is 0 Å². The van der Waals surface area contributed by atoms with Gasteiger partial charge >= 0.3 is 0 Å². The van der Waals surface area contributed by atoms with E-state index in [1.54, 1.807) is 0 Å². The van der Waals surface area contributed by atoms with Crippen molar-refractivity contribution in [3.05, 3.63) is 35.0 Å². The molecule has 0 fully saturated rings. The molecule has 0 amide bonds. The number of rotatable bonds is 3. The van der Waals surface area contributed by atoms with Crippen molar-refractivity contribution < 1.29 is 0 Å². The van der Waals surface area contributed by atoms with Crippen LogP contribution in [0.5, 0.6) is 0 Å². The minimum Gasteiger partial charge on any atom is -0.361 e. The van der Waals surface area contributed by atoms with Gasteiger partial charge in [0.2, 0.25) is 0 Å². The molecule has 1 aromatic rings. The molecule has 0 radical (unpaired) electrons. The molecule has 0 bridgehead atoms. The number of aromatic nitrogens is 1. The third-order valence-electron chi connectivity index (χ3n) is 3.86. The summed E-state index contributed by atoms with van der Waals surface area (Å²) in [6.07, 6.45) is 13.6. The van der Waals surface area contributed by atoms with Crippen LogP contribution >= 0.6 is 0 Å². The largest absolute Gasteiger partial charge is 0.361 e. The lowest BCUT2D eigenvalue weighted by molar-refractivity contribution is 0.324. The van der Waals surface area contributed by atoms with E-state index in [4.69, 9.17) is 0 Å². The molecule has 86 valence electrons. The van der Waals surface area contributed by atoms with Crippen molar-refractivity contribution in [3.63, 3.8) is 0 Å². The molecule has 1 aliphatic rings. The SMILES string of the molecule is CCC(CC)C1(C)C=CC=c2[nH]ccc2=C1. The lowest BCUT2D eigenvalue weighted by Crippen LogP contribution is -2.28. The van der Waals surface area contributed by atoms with Gasteiger partial charge in [-0.15, -0.1) is 0 Å². The fraction of sp³-hybridized carbons (Fsp3) is 0.467. The van der Waals surface area contributed by atoms with Crippen molar-refractivity contribution in [2.45, 2.75) is 33.6 Å². The van der Waals surface area contributed by atoms with Gasteiger partial charge in [-0.05, 0) is 23.3 Å². The highest BCUT2D eigenvalue weighted by molar-refractivity contribution is 5.47. The van der Waals surface area contributed by atoms with E-state index in [2.05, 4.69) is 56.1 Å². The fourth-order valence-electron chi connectivity index (χ4n) is 2.82. The Balaban J connectivity index is 2.52. The summed E-state index contributed by atoms with van der Waals surface area (Å²) in [7, 11) is 0. The summed E-state index contributed by atoms with van der Waals surface area (Å²) in [6, 6.07) is 2.17. The Hall–Kier alpha value is -1.24. The summed E-state index contributed by atoms with van der Waals surface area (Å²) < 4.78 is 0. The zero-order valence-corrected chi connectivity index (χ0v) is 10.5. The zero-order chi connectivity index (χ0) is 11.6. The number of fused-ring (bicyclic) bond motifs is 1. The molecular weight excluding hydrogens is 194 g/mol. The Morgan fingerprint density at radius 1 is 1.31 bits per heavy atom. The van der Waals surface area contributed by atoms with Crippen molar-refractivity contribution in [3.8, 4) is 0 Å². The molecule has 1 heterocycles. The number of allylic oxidation sites excluding steroid dienone is 2. The Bertz CT molecular complexity index is 488. The van der Waals surface area contributed by atoms with Gasteiger partial charge in [0.1, 0.15) is 0 Å². The van der Waals surface area contributed by atoms with Crippen LogP contribution in [-0.2, 0) is 0 Å². The summed E-state index contributed by atoms with van der Waals surface area (Å²) in [5.74, 6) is 0.720. The monoisotopic (exact) mass is 215 g/mol. The fourth-order valence-corrected chi connectivity index (χ4v) is 2.82. The summed E-state index contributed by atoms with van der Waals surface area (Å²) in [6.45, 7) is 6.92. The number of H-pyrrole nitrogens is 1. The first-order valence-corrected chi connectivity index (χ1v) is 6.25. The predicted molar refractivity (Wildman–Crippen MR) is 70.3 cm³/mol. The molecular formula is C15H21N. The van der Waals surface area contributed by atoms with Gasteiger partial charge in [0.05, 0.1) is 0 Å². The average molecular weight is 215 g/mol. The van der Waals surface area contributed by atoms with Gasteiger partial charge in [0, 0.05) is 17.0 Å². The lowest BCUT2D eigenvalue weighted by atomic mass is 9.73. The first-order valence-electron chi connectivity index (χ1n) is 6.25. The minimum atomic E-state index is 0.188. The standard InChI is InChI=1S/C15H21N/c1-4-13(5-2)15(3)9-6-7-14-12(11-15)8-10-16-14/h6-11,13,16H,4-5H2,1-3H3. The van der Waals surface area contributed by atoms with Crippen LogP contribution in [0.4, 0.5) is 0 Å². The normalized spacial score (nSPS) is 23.5. The molecule has 1 nitrogen and oxygen atoms in total. The summed E-state index contributed by atoms with van der Waals surface area (Å²) in [5, 5.41) is 2.56. The van der Waals surface area contributed by atoms with Crippen molar-refractivity contribution in [2.24, 2.45) is 11.3 Å². The second-order valence-corrected chi connectivity index (χ2v) is 4.90. The predicted octanol–water partition coefficient (Wildman–Crippen LogP) is 2.59. The summed E-state index contributed by atoms with van der Waals surface area (Å²) in [5.41, 5.74) is 0.188. The Morgan fingerprint density at radius 2 is 2.06 bits per heavy atom. The molecule has 1 N–H and O–H groups in total. The maximum absolute atomic E-state index is 3.27. The highest BCUT2D eigenvalue weighted by Gasteiger charge is 2.27. The molecule has 16 heavy (non-hydrogen) atoms. The molecule has 0 spiro atoms. The molecule has 0 aromatic carbocycles. The Kier molecular flexibility index (Phi) is 3.04. The Labute approximate surface area is 97.6 Å². The molecule has 1 aromatic heterocycles. The zero-order valence-electron chi connectivity index (χ0n) is 10.5. The number of nitrogens with one attached hydrogen (secondary N) is 1. The second-order valence-electron chi connectivity index (χ2n) is 4.90. The quantitative estimate of drug-likeness (QED) is 0.797. The van der Waals surface area contributed by atoms with Gasteiger partial charge in [-0.25, -0.2) is 0 Å². The van der Waals surface area contributed by atoms with Crippen LogP contribution in [-0.4, -0.2) is 4.98 Å². The third-order valence-corrected chi connectivity index (χ3v) is 3.86. The maximum Gasteiger partial charge on any atom is 0.0450 e. The van der Waals surface area contributed by atoms with Crippen LogP contribution in [0.2, 0.25) is 0 Å². The Morgan fingerprint density at radius 3 is 2.75 bits per heavy atom. The highest BCUT2D eigenvalue weighted by atomic mass is 14.6. The van der Waals surface area contributed by atoms with Gasteiger partial charge in [-0.3, -0.25) is 0 Å². The highest BCUT2D eigenvalue weighted by Crippen LogP contribution is 2.35. The van der Waals surface area contributed by atoms with Crippen LogP contribution in [0.25, 0.3) is 12.2 Å². The first kappa shape index (κ1) is 11.3. The molecule has 2 rings (SSSR count). The van der Waals surface area contributed by atoms with E-state index in [0.717, 1.165) is 5.92 Å². The molecule has 0 aliphatic heterocycles. The van der Waals surface area contributed by atoms with E-state index in [-0.39, 0.29) is 5.41 Å². The van der Waals surface area contributed by atoms with Crippen molar-refractivity contribution in [2.75, 3.05) is 0 Å². The van der Waals surface area contributed by atoms with Crippen LogP contribution in [0.15, 0.2) is 24.4 Å². The van der Waals surface area contributed by atoms with Crippen molar-refractivity contribution >= 4 is 12.2 Å². The average Bonchev–Trinajstić information content (AvgIpc) is 2.61. The summed E-state index contributed by atoms with van der Waals surface area (Å²) in [4.78, 5) is 3.27. The van der Waals surface area contributed by atoms with Crippen molar-refractivity contribution in [1.82, 2.24) is 4.98 Å². The van der Waals surface area contributed by atoms with Crippen LogP contribution < -0.4 is 10.6 Å². The van der Waals surface area contributed by atoms with Gasteiger partial charge in [-0.2, -0.15) is 0 Å². The first-order chi connectivity index (χ1) is 7.69. The van der Waals surface area contributed by atoms with Gasteiger partial charge in [-0.1, -0.05) is 51.8 Å². The van der Waals surface area contributed by atoms with E-state index in [1.165, 1.54) is 23.4 Å². The number of hydrogen-bond donors (Lipinski definition) is 1. The van der Waals surface area contributed by atoms with E-state index >= 15 is 0 Å². The molecule has 1 heteroatoms. The van der Waals surface area contributed by atoms with E-state index < -0.39 is 0 Å². The molecule has 1 atom stereocenters. The molecule has 0 saturated heterocycles. The van der Waals surface area contributed by atoms with Crippen LogP contribution in [0, 0.1) is 11.3 Å². The smallest absolute Gasteiger partial charge is 0.0450 e.